The highest BCUT2D eigenvalue weighted by atomic mass is 35.5. The lowest BCUT2D eigenvalue weighted by molar-refractivity contribution is -0.120. The van der Waals surface area contributed by atoms with Gasteiger partial charge in [-0.25, -0.2) is 10.2 Å². The van der Waals surface area contributed by atoms with Crippen molar-refractivity contribution in [3.63, 3.8) is 0 Å². The third-order valence-electron chi connectivity index (χ3n) is 4.48. The van der Waals surface area contributed by atoms with Gasteiger partial charge in [0.2, 0.25) is 0 Å². The monoisotopic (exact) mass is 447 g/mol. The molecule has 0 spiro atoms. The van der Waals surface area contributed by atoms with Gasteiger partial charge in [0.05, 0.1) is 17.3 Å². The number of nitrogens with one attached hydrogen (secondary N) is 1. The average molecular weight is 448 g/mol. The van der Waals surface area contributed by atoms with Crippen molar-refractivity contribution in [1.29, 1.82) is 5.26 Å². The number of halogens is 1. The molecule has 4 rings (SSSR count). The van der Waals surface area contributed by atoms with Crippen LogP contribution in [-0.2, 0) is 4.79 Å². The smallest absolute Gasteiger partial charge is 0.355 e. The zero-order valence-corrected chi connectivity index (χ0v) is 17.5. The third-order valence-corrected chi connectivity index (χ3v) is 6.13. The number of ether oxygens (including phenoxy) is 1. The predicted molar refractivity (Wildman–Crippen MR) is 122 cm³/mol. The molecule has 152 valence electrons. The molecule has 0 saturated heterocycles. The van der Waals surface area contributed by atoms with Crippen LogP contribution in [0.1, 0.15) is 21.7 Å². The van der Waals surface area contributed by atoms with Crippen molar-refractivity contribution in [2.75, 3.05) is 0 Å². The number of benzene rings is 3. The number of nitriles is 1. The molecule has 1 heterocycles. The minimum Gasteiger partial charge on any atom is -0.422 e. The van der Waals surface area contributed by atoms with Gasteiger partial charge in [-0.2, -0.15) is 10.4 Å². The van der Waals surface area contributed by atoms with E-state index in [4.69, 9.17) is 21.6 Å². The van der Waals surface area contributed by atoms with Crippen LogP contribution in [-0.4, -0.2) is 18.1 Å². The first-order valence-corrected chi connectivity index (χ1v) is 10.4. The van der Waals surface area contributed by atoms with E-state index in [0.717, 1.165) is 20.9 Å². The molecule has 4 aromatic rings. The fourth-order valence-electron chi connectivity index (χ4n) is 3.07. The summed E-state index contributed by atoms with van der Waals surface area (Å²) in [7, 11) is 0. The van der Waals surface area contributed by atoms with E-state index in [-0.39, 0.29) is 12.2 Å². The Bertz CT molecular complexity index is 1390. The minimum absolute atomic E-state index is 0.274. The van der Waals surface area contributed by atoms with E-state index in [1.807, 2.05) is 54.6 Å². The van der Waals surface area contributed by atoms with Gasteiger partial charge in [0.15, 0.2) is 0 Å². The Morgan fingerprint density at radius 2 is 1.84 bits per heavy atom. The van der Waals surface area contributed by atoms with Crippen molar-refractivity contribution < 1.29 is 14.3 Å². The van der Waals surface area contributed by atoms with E-state index in [2.05, 4.69) is 10.5 Å². The Kier molecular flexibility index (Phi) is 5.94. The van der Waals surface area contributed by atoms with Crippen molar-refractivity contribution in [3.05, 3.63) is 76.1 Å². The van der Waals surface area contributed by atoms with Gasteiger partial charge in [-0.15, -0.1) is 11.3 Å². The maximum atomic E-state index is 12.9. The molecule has 0 radical (unpaired) electrons. The standard InChI is InChI=1S/C23H14ClN3O3S/c24-21-16-7-3-4-8-19(16)31-22(21)23(29)30-18-10-9-14-5-1-2-6-15(14)17(18)13-26-27-20(28)11-12-25/h1-10,13H,11H2,(H,27,28)/b26-13-. The Morgan fingerprint density at radius 3 is 2.61 bits per heavy atom. The summed E-state index contributed by atoms with van der Waals surface area (Å²) in [6.07, 6.45) is 1.09. The number of nitrogens with zero attached hydrogens (tertiary/aromatic N) is 2. The van der Waals surface area contributed by atoms with E-state index in [1.54, 1.807) is 12.1 Å². The molecule has 0 aliphatic carbocycles. The summed E-state index contributed by atoms with van der Waals surface area (Å²) in [5, 5.41) is 15.3. The fourth-order valence-corrected chi connectivity index (χ4v) is 4.45. The number of rotatable bonds is 5. The second-order valence-electron chi connectivity index (χ2n) is 6.46. The summed E-state index contributed by atoms with van der Waals surface area (Å²) in [4.78, 5) is 24.7. The summed E-state index contributed by atoms with van der Waals surface area (Å²) in [5.74, 6) is -0.838. The van der Waals surface area contributed by atoms with Crippen molar-refractivity contribution in [2.24, 2.45) is 5.10 Å². The average Bonchev–Trinajstić information content (AvgIpc) is 3.12. The van der Waals surface area contributed by atoms with Crippen LogP contribution in [0.2, 0.25) is 5.02 Å². The Morgan fingerprint density at radius 1 is 1.10 bits per heavy atom. The number of carbonyl (C=O) groups is 2. The highest BCUT2D eigenvalue weighted by molar-refractivity contribution is 7.21. The SMILES string of the molecule is N#CCC(=O)N/N=C\c1c(OC(=O)c2sc3ccccc3c2Cl)ccc2ccccc12. The molecule has 8 heteroatoms. The molecule has 3 aromatic carbocycles. The van der Waals surface area contributed by atoms with E-state index in [1.165, 1.54) is 17.6 Å². The van der Waals surface area contributed by atoms with E-state index >= 15 is 0 Å². The molecular formula is C23H14ClN3O3S. The quantitative estimate of drug-likeness (QED) is 0.195. The van der Waals surface area contributed by atoms with Crippen LogP contribution in [0.15, 0.2) is 65.8 Å². The number of carbonyl (C=O) groups excluding carboxylic acids is 2. The maximum Gasteiger partial charge on any atom is 0.355 e. The van der Waals surface area contributed by atoms with Gasteiger partial charge >= 0.3 is 5.97 Å². The van der Waals surface area contributed by atoms with Crippen LogP contribution in [0.5, 0.6) is 5.75 Å². The molecule has 0 atom stereocenters. The normalized spacial score (nSPS) is 11.0. The molecule has 0 fully saturated rings. The highest BCUT2D eigenvalue weighted by Crippen LogP contribution is 2.36. The van der Waals surface area contributed by atoms with Gasteiger partial charge in [0.25, 0.3) is 5.91 Å². The summed E-state index contributed by atoms with van der Waals surface area (Å²) in [6, 6.07) is 20.2. The molecular weight excluding hydrogens is 434 g/mol. The lowest BCUT2D eigenvalue weighted by Crippen LogP contribution is -2.16. The minimum atomic E-state index is -0.579. The lowest BCUT2D eigenvalue weighted by atomic mass is 10.0. The van der Waals surface area contributed by atoms with Crippen LogP contribution in [0.4, 0.5) is 0 Å². The van der Waals surface area contributed by atoms with Crippen LogP contribution < -0.4 is 10.2 Å². The van der Waals surface area contributed by atoms with E-state index in [9.17, 15) is 9.59 Å². The van der Waals surface area contributed by atoms with Crippen molar-refractivity contribution in [2.45, 2.75) is 6.42 Å². The molecule has 31 heavy (non-hydrogen) atoms. The van der Waals surface area contributed by atoms with Crippen molar-refractivity contribution in [1.82, 2.24) is 5.43 Å². The number of hydrogen-bond acceptors (Lipinski definition) is 6. The largest absolute Gasteiger partial charge is 0.422 e. The molecule has 0 aliphatic heterocycles. The van der Waals surface area contributed by atoms with E-state index in [0.29, 0.717) is 15.5 Å². The first kappa shape index (κ1) is 20.5. The summed E-state index contributed by atoms with van der Waals surface area (Å²) >= 11 is 7.67. The fraction of sp³-hybridized carbons (Fsp3) is 0.0435. The molecule has 6 nitrogen and oxygen atoms in total. The predicted octanol–water partition coefficient (Wildman–Crippen LogP) is 5.29. The zero-order valence-electron chi connectivity index (χ0n) is 16.0. The van der Waals surface area contributed by atoms with Crippen LogP contribution in [0.25, 0.3) is 20.9 Å². The molecule has 0 saturated carbocycles. The number of fused-ring (bicyclic) bond motifs is 2. The van der Waals surface area contributed by atoms with Crippen LogP contribution >= 0.6 is 22.9 Å². The van der Waals surface area contributed by atoms with Gasteiger partial charge < -0.3 is 4.74 Å². The second kappa shape index (κ2) is 8.96. The molecule has 0 aliphatic rings. The van der Waals surface area contributed by atoms with Gasteiger partial charge in [0.1, 0.15) is 17.0 Å². The topological polar surface area (TPSA) is 91.6 Å². The Hall–Kier alpha value is -3.73. The number of esters is 1. The van der Waals surface area contributed by atoms with Gasteiger partial charge in [-0.3, -0.25) is 4.79 Å². The second-order valence-corrected chi connectivity index (χ2v) is 7.89. The first-order valence-electron chi connectivity index (χ1n) is 9.18. The van der Waals surface area contributed by atoms with Crippen LogP contribution in [0, 0.1) is 11.3 Å². The summed E-state index contributed by atoms with van der Waals surface area (Å²) in [6.45, 7) is 0. The van der Waals surface area contributed by atoms with Crippen molar-refractivity contribution in [3.8, 4) is 11.8 Å². The van der Waals surface area contributed by atoms with Gasteiger partial charge in [-0.1, -0.05) is 60.1 Å². The number of hydrogen-bond donors (Lipinski definition) is 1. The third kappa shape index (κ3) is 4.26. The summed E-state index contributed by atoms with van der Waals surface area (Å²) in [5.41, 5.74) is 2.80. The van der Waals surface area contributed by atoms with Gasteiger partial charge in [-0.05, 0) is 22.9 Å². The molecule has 0 bridgehead atoms. The van der Waals surface area contributed by atoms with Crippen molar-refractivity contribution >= 4 is 61.9 Å². The zero-order chi connectivity index (χ0) is 21.8. The molecule has 1 amide bonds. The van der Waals surface area contributed by atoms with Gasteiger partial charge in [0, 0.05) is 15.6 Å². The Balaban J connectivity index is 1.70. The first-order chi connectivity index (χ1) is 15.1. The van der Waals surface area contributed by atoms with E-state index < -0.39 is 11.9 Å². The molecule has 0 unspecified atom stereocenters. The summed E-state index contributed by atoms with van der Waals surface area (Å²) < 4.78 is 6.57. The molecule has 1 aromatic heterocycles. The Labute approximate surface area is 186 Å². The number of amides is 1. The molecule has 1 N–H and O–H groups in total. The lowest BCUT2D eigenvalue weighted by Gasteiger charge is -2.10. The number of thiophene rings is 1. The maximum absolute atomic E-state index is 12.9. The van der Waals surface area contributed by atoms with Crippen LogP contribution in [0.3, 0.4) is 0 Å². The number of hydrazone groups is 1. The highest BCUT2D eigenvalue weighted by Gasteiger charge is 2.20.